The van der Waals surface area contributed by atoms with Crippen molar-refractivity contribution < 1.29 is 5.11 Å². The highest BCUT2D eigenvalue weighted by Gasteiger charge is 2.25. The van der Waals surface area contributed by atoms with Crippen molar-refractivity contribution in [3.8, 4) is 11.1 Å². The first-order valence-corrected chi connectivity index (χ1v) is 11.9. The molecule has 0 saturated carbocycles. The molecule has 3 heterocycles. The highest BCUT2D eigenvalue weighted by molar-refractivity contribution is 9.10. The molecule has 6 heteroatoms. The van der Waals surface area contributed by atoms with Gasteiger partial charge in [-0.25, -0.2) is 9.97 Å². The van der Waals surface area contributed by atoms with Gasteiger partial charge >= 0.3 is 0 Å². The third kappa shape index (κ3) is 3.94. The predicted octanol–water partition coefficient (Wildman–Crippen LogP) is 5.95. The summed E-state index contributed by atoms with van der Waals surface area (Å²) in [5.41, 5.74) is 6.17. The van der Waals surface area contributed by atoms with Gasteiger partial charge < -0.3 is 10.0 Å². The number of piperidine rings is 1. The Labute approximate surface area is 185 Å². The van der Waals surface area contributed by atoms with Crippen LogP contribution in [0.1, 0.15) is 41.1 Å². The Morgan fingerprint density at radius 1 is 1.07 bits per heavy atom. The van der Waals surface area contributed by atoms with E-state index in [-0.39, 0.29) is 0 Å². The fourth-order valence-corrected chi connectivity index (χ4v) is 6.42. The van der Waals surface area contributed by atoms with E-state index >= 15 is 0 Å². The van der Waals surface area contributed by atoms with E-state index in [0.29, 0.717) is 12.5 Å². The Kier molecular flexibility index (Phi) is 5.96. The SMILES string of the molecule is Cc1nc(N2CCC(CCO)CC2)c2sc(C)c(-c3c(C)cc(Br)cc3C)c2n1. The molecule has 1 aliphatic heterocycles. The Hall–Kier alpha value is -1.50. The van der Waals surface area contributed by atoms with Crippen LogP contribution in [-0.2, 0) is 0 Å². The molecule has 1 fully saturated rings. The van der Waals surface area contributed by atoms with Crippen molar-refractivity contribution in [2.75, 3.05) is 24.6 Å². The number of aliphatic hydroxyl groups excluding tert-OH is 1. The quantitative estimate of drug-likeness (QED) is 0.508. The van der Waals surface area contributed by atoms with Gasteiger partial charge in [-0.1, -0.05) is 15.9 Å². The molecule has 4 nitrogen and oxygen atoms in total. The number of hydrogen-bond donors (Lipinski definition) is 1. The van der Waals surface area contributed by atoms with E-state index in [0.717, 1.165) is 54.0 Å². The highest BCUT2D eigenvalue weighted by Crippen LogP contribution is 2.44. The molecular weight excluding hydrogens is 446 g/mol. The fraction of sp³-hybridized carbons (Fsp3) is 0.478. The van der Waals surface area contributed by atoms with Gasteiger partial charge in [0.2, 0.25) is 0 Å². The van der Waals surface area contributed by atoms with E-state index in [1.54, 1.807) is 0 Å². The zero-order valence-corrected chi connectivity index (χ0v) is 20.0. The summed E-state index contributed by atoms with van der Waals surface area (Å²) in [6.07, 6.45) is 3.15. The summed E-state index contributed by atoms with van der Waals surface area (Å²) in [4.78, 5) is 13.5. The van der Waals surface area contributed by atoms with Crippen LogP contribution in [0.2, 0.25) is 0 Å². The average Bonchev–Trinajstić information content (AvgIpc) is 2.97. The predicted molar refractivity (Wildman–Crippen MR) is 126 cm³/mol. The van der Waals surface area contributed by atoms with Crippen molar-refractivity contribution in [3.05, 3.63) is 38.4 Å². The molecular formula is C23H28BrN3OS. The van der Waals surface area contributed by atoms with Crippen LogP contribution in [0.5, 0.6) is 0 Å². The van der Waals surface area contributed by atoms with Crippen molar-refractivity contribution in [3.63, 3.8) is 0 Å². The van der Waals surface area contributed by atoms with Crippen molar-refractivity contribution in [1.29, 1.82) is 0 Å². The highest BCUT2D eigenvalue weighted by atomic mass is 79.9. The standard InChI is InChI=1S/C23H28BrN3OS/c1-13-11-18(24)12-14(2)19(13)20-15(3)29-22-21(20)25-16(4)26-23(22)27-8-5-17(6-9-27)7-10-28/h11-12,17,28H,5-10H2,1-4H3. The van der Waals surface area contributed by atoms with Gasteiger partial charge in [-0.2, -0.15) is 0 Å². The number of fused-ring (bicyclic) bond motifs is 1. The Morgan fingerprint density at radius 3 is 2.34 bits per heavy atom. The number of thiophene rings is 1. The lowest BCUT2D eigenvalue weighted by Gasteiger charge is -2.32. The molecule has 1 N–H and O–H groups in total. The van der Waals surface area contributed by atoms with Gasteiger partial charge in [0, 0.05) is 34.6 Å². The van der Waals surface area contributed by atoms with Crippen LogP contribution in [0.4, 0.5) is 5.82 Å². The van der Waals surface area contributed by atoms with Gasteiger partial charge in [-0.15, -0.1) is 11.3 Å². The molecule has 154 valence electrons. The Balaban J connectivity index is 1.82. The molecule has 4 rings (SSSR count). The molecule has 2 aromatic heterocycles. The lowest BCUT2D eigenvalue weighted by molar-refractivity contribution is 0.240. The normalized spacial score (nSPS) is 15.4. The summed E-state index contributed by atoms with van der Waals surface area (Å²) in [5.74, 6) is 2.54. The second kappa shape index (κ2) is 8.32. The number of aryl methyl sites for hydroxylation is 4. The van der Waals surface area contributed by atoms with Crippen LogP contribution in [0.3, 0.4) is 0 Å². The molecule has 0 bridgehead atoms. The van der Waals surface area contributed by atoms with Crippen molar-refractivity contribution >= 4 is 43.3 Å². The summed E-state index contributed by atoms with van der Waals surface area (Å²) in [7, 11) is 0. The van der Waals surface area contributed by atoms with Crippen LogP contribution in [0.25, 0.3) is 21.3 Å². The summed E-state index contributed by atoms with van der Waals surface area (Å²) >= 11 is 5.44. The van der Waals surface area contributed by atoms with E-state index in [2.05, 4.69) is 53.7 Å². The lowest BCUT2D eigenvalue weighted by atomic mass is 9.93. The first kappa shape index (κ1) is 20.8. The first-order chi connectivity index (χ1) is 13.9. The smallest absolute Gasteiger partial charge is 0.150 e. The number of anilines is 1. The molecule has 29 heavy (non-hydrogen) atoms. The molecule has 1 aliphatic rings. The molecule has 0 spiro atoms. The number of aliphatic hydroxyl groups is 1. The molecule has 0 amide bonds. The topological polar surface area (TPSA) is 49.2 Å². The van der Waals surface area contributed by atoms with Crippen LogP contribution in [-0.4, -0.2) is 34.8 Å². The van der Waals surface area contributed by atoms with Gasteiger partial charge in [0.05, 0.1) is 10.2 Å². The van der Waals surface area contributed by atoms with Gasteiger partial charge in [0.15, 0.2) is 0 Å². The number of rotatable bonds is 4. The molecule has 0 aliphatic carbocycles. The third-order valence-electron chi connectivity index (χ3n) is 6.00. The zero-order valence-electron chi connectivity index (χ0n) is 17.5. The van der Waals surface area contributed by atoms with Crippen molar-refractivity contribution in [2.45, 2.75) is 47.0 Å². The largest absolute Gasteiger partial charge is 0.396 e. The van der Waals surface area contributed by atoms with Crippen LogP contribution in [0, 0.1) is 33.6 Å². The van der Waals surface area contributed by atoms with Crippen LogP contribution < -0.4 is 4.90 Å². The molecule has 0 atom stereocenters. The maximum absolute atomic E-state index is 9.25. The second-order valence-electron chi connectivity index (χ2n) is 8.16. The zero-order chi connectivity index (χ0) is 20.7. The first-order valence-electron chi connectivity index (χ1n) is 10.3. The van der Waals surface area contributed by atoms with E-state index in [1.807, 2.05) is 18.3 Å². The number of hydrogen-bond acceptors (Lipinski definition) is 5. The van der Waals surface area contributed by atoms with E-state index in [4.69, 9.17) is 9.97 Å². The third-order valence-corrected chi connectivity index (χ3v) is 7.55. The Morgan fingerprint density at radius 2 is 1.72 bits per heavy atom. The minimum atomic E-state index is 0.293. The van der Waals surface area contributed by atoms with Crippen molar-refractivity contribution in [2.24, 2.45) is 5.92 Å². The van der Waals surface area contributed by atoms with E-state index in [1.165, 1.54) is 31.8 Å². The molecule has 0 unspecified atom stereocenters. The minimum Gasteiger partial charge on any atom is -0.396 e. The molecule has 1 aromatic carbocycles. The van der Waals surface area contributed by atoms with E-state index < -0.39 is 0 Å². The van der Waals surface area contributed by atoms with Gasteiger partial charge in [0.1, 0.15) is 11.6 Å². The second-order valence-corrected chi connectivity index (χ2v) is 10.3. The lowest BCUT2D eigenvalue weighted by Crippen LogP contribution is -2.34. The fourth-order valence-electron chi connectivity index (χ4n) is 4.61. The van der Waals surface area contributed by atoms with Crippen LogP contribution >= 0.6 is 27.3 Å². The average molecular weight is 474 g/mol. The van der Waals surface area contributed by atoms with Crippen LogP contribution in [0.15, 0.2) is 16.6 Å². The minimum absolute atomic E-state index is 0.293. The summed E-state index contributed by atoms with van der Waals surface area (Å²) in [6, 6.07) is 4.37. The maximum Gasteiger partial charge on any atom is 0.150 e. The van der Waals surface area contributed by atoms with E-state index in [9.17, 15) is 5.11 Å². The van der Waals surface area contributed by atoms with Gasteiger partial charge in [-0.3, -0.25) is 0 Å². The maximum atomic E-state index is 9.25. The van der Waals surface area contributed by atoms with Gasteiger partial charge in [0.25, 0.3) is 0 Å². The number of nitrogens with zero attached hydrogens (tertiary/aromatic N) is 3. The van der Waals surface area contributed by atoms with Crippen molar-refractivity contribution in [1.82, 2.24) is 9.97 Å². The number of halogens is 1. The monoisotopic (exact) mass is 473 g/mol. The summed E-state index contributed by atoms with van der Waals surface area (Å²) < 4.78 is 2.32. The summed E-state index contributed by atoms with van der Waals surface area (Å²) in [5, 5.41) is 9.25. The molecule has 0 radical (unpaired) electrons. The van der Waals surface area contributed by atoms with Gasteiger partial charge in [-0.05, 0) is 81.7 Å². The molecule has 1 saturated heterocycles. The Bertz CT molecular complexity index is 1030. The summed E-state index contributed by atoms with van der Waals surface area (Å²) in [6.45, 7) is 10.8. The molecule has 3 aromatic rings. The number of aromatic nitrogens is 2. The number of benzene rings is 1.